The average Bonchev–Trinajstić information content (AvgIpc) is 3.26. The average molecular weight is 487 g/mol. The Hall–Kier alpha value is -1.72. The lowest BCUT2D eigenvalue weighted by Crippen LogP contribution is -2.65. The van der Waals surface area contributed by atoms with Crippen molar-refractivity contribution in [3.63, 3.8) is 0 Å². The molecule has 0 saturated carbocycles. The van der Waals surface area contributed by atoms with E-state index in [2.05, 4.69) is 15.4 Å². The number of hydrogen-bond donors (Lipinski definition) is 1. The molecule has 158 valence electrons. The Labute approximate surface area is 190 Å². The van der Waals surface area contributed by atoms with E-state index < -0.39 is 12.1 Å². The number of aromatic amines is 1. The Kier molecular flexibility index (Phi) is 6.59. The van der Waals surface area contributed by atoms with Gasteiger partial charge in [0.2, 0.25) is 0 Å². The Morgan fingerprint density at radius 1 is 1.40 bits per heavy atom. The topological polar surface area (TPSA) is 97.4 Å². The molecule has 2 aliphatic rings. The van der Waals surface area contributed by atoms with Crippen molar-refractivity contribution in [1.29, 1.82) is 0 Å². The second-order valence-corrected chi connectivity index (χ2v) is 9.35. The van der Waals surface area contributed by atoms with Crippen molar-refractivity contribution in [3.05, 3.63) is 51.3 Å². The number of nitrogens with one attached hydrogen (secondary N) is 1. The number of carbonyl (C=O) groups excluding carboxylic acids is 2. The third-order valence-corrected chi connectivity index (χ3v) is 7.63. The van der Waals surface area contributed by atoms with E-state index in [1.54, 1.807) is 36.2 Å². The highest BCUT2D eigenvalue weighted by Gasteiger charge is 2.54. The van der Waals surface area contributed by atoms with E-state index in [0.717, 1.165) is 5.57 Å². The van der Waals surface area contributed by atoms with Crippen LogP contribution in [0.3, 0.4) is 0 Å². The monoisotopic (exact) mass is 486 g/mol. The summed E-state index contributed by atoms with van der Waals surface area (Å²) in [4.78, 5) is 27.0. The Morgan fingerprint density at radius 3 is 2.93 bits per heavy atom. The summed E-state index contributed by atoms with van der Waals surface area (Å²) in [5.74, 6) is 0.242. The van der Waals surface area contributed by atoms with Crippen LogP contribution in [0.15, 0.2) is 40.7 Å². The number of amides is 1. The number of rotatable bonds is 7. The van der Waals surface area contributed by atoms with Crippen molar-refractivity contribution in [3.8, 4) is 0 Å². The van der Waals surface area contributed by atoms with E-state index in [-0.39, 0.29) is 23.6 Å². The fraction of sp³-hybridized carbons (Fsp3) is 0.333. The normalized spacial score (nSPS) is 20.8. The van der Waals surface area contributed by atoms with Crippen LogP contribution in [0.5, 0.6) is 0 Å². The van der Waals surface area contributed by atoms with E-state index in [9.17, 15) is 9.59 Å². The van der Waals surface area contributed by atoms with Gasteiger partial charge in [-0.1, -0.05) is 41.0 Å². The molecule has 0 aliphatic carbocycles. The molecule has 1 fully saturated rings. The molecule has 1 aromatic carbocycles. The fourth-order valence-electron chi connectivity index (χ4n) is 3.10. The molecule has 1 saturated heterocycles. The molecule has 2 aliphatic heterocycles. The predicted octanol–water partition coefficient (Wildman–Crippen LogP) is 3.13. The number of carbonyl (C=O) groups is 2. The first-order valence-electron chi connectivity index (χ1n) is 8.78. The van der Waals surface area contributed by atoms with E-state index in [1.807, 2.05) is 0 Å². The van der Waals surface area contributed by atoms with Crippen molar-refractivity contribution < 1.29 is 19.1 Å². The zero-order valence-corrected chi connectivity index (χ0v) is 18.8. The van der Waals surface area contributed by atoms with Gasteiger partial charge in [0.1, 0.15) is 22.7 Å². The number of methoxy groups -OCH3 is 1. The summed E-state index contributed by atoms with van der Waals surface area (Å²) in [6.07, 6.45) is 1.04. The minimum atomic E-state index is -0.565. The van der Waals surface area contributed by atoms with Crippen LogP contribution >= 0.6 is 46.7 Å². The second kappa shape index (κ2) is 9.19. The number of hydrogen-bond acceptors (Lipinski definition) is 8. The number of fused-ring (bicyclic) bond motifs is 1. The van der Waals surface area contributed by atoms with Crippen LogP contribution in [0.25, 0.3) is 0 Å². The second-order valence-electron chi connectivity index (χ2n) is 6.44. The third-order valence-electron chi connectivity index (χ3n) is 4.59. The molecule has 0 unspecified atom stereocenters. The molecule has 1 aromatic heterocycles. The minimum absolute atomic E-state index is 0.0104. The van der Waals surface area contributed by atoms with Gasteiger partial charge < -0.3 is 9.47 Å². The minimum Gasteiger partial charge on any atom is -0.456 e. The Balaban J connectivity index is 1.54. The number of H-pyrrole nitrogens is 1. The van der Waals surface area contributed by atoms with Gasteiger partial charge >= 0.3 is 5.97 Å². The number of nitrogens with zero attached hydrogens (tertiary/aromatic N) is 3. The van der Waals surface area contributed by atoms with Crippen molar-refractivity contribution in [1.82, 2.24) is 20.3 Å². The van der Waals surface area contributed by atoms with Crippen LogP contribution in [0.4, 0.5) is 0 Å². The molecule has 0 radical (unpaired) electrons. The first kappa shape index (κ1) is 21.5. The summed E-state index contributed by atoms with van der Waals surface area (Å²) in [5, 5.41) is 11.6. The third kappa shape index (κ3) is 4.19. The van der Waals surface area contributed by atoms with Crippen LogP contribution in [-0.2, 0) is 25.7 Å². The maximum absolute atomic E-state index is 13.0. The van der Waals surface area contributed by atoms with Crippen LogP contribution < -0.4 is 0 Å². The van der Waals surface area contributed by atoms with E-state index >= 15 is 0 Å². The summed E-state index contributed by atoms with van der Waals surface area (Å²) >= 11 is 14.9. The van der Waals surface area contributed by atoms with Crippen LogP contribution in [0.2, 0.25) is 10.0 Å². The smallest absolute Gasteiger partial charge is 0.355 e. The van der Waals surface area contributed by atoms with Gasteiger partial charge in [-0.25, -0.2) is 4.79 Å². The van der Waals surface area contributed by atoms with Gasteiger partial charge in [0.05, 0.1) is 16.2 Å². The predicted molar refractivity (Wildman–Crippen MR) is 114 cm³/mol. The van der Waals surface area contributed by atoms with Gasteiger partial charge in [0, 0.05) is 18.6 Å². The first-order valence-corrected chi connectivity index (χ1v) is 11.6. The number of esters is 1. The van der Waals surface area contributed by atoms with Gasteiger partial charge in [-0.15, -0.1) is 16.9 Å². The highest BCUT2D eigenvalue weighted by Crippen LogP contribution is 2.42. The van der Waals surface area contributed by atoms with E-state index in [1.165, 1.54) is 23.8 Å². The highest BCUT2D eigenvalue weighted by molar-refractivity contribution is 8.01. The molecule has 1 N–H and O–H groups in total. The van der Waals surface area contributed by atoms with Crippen molar-refractivity contribution in [2.75, 3.05) is 18.6 Å². The van der Waals surface area contributed by atoms with Crippen molar-refractivity contribution in [2.45, 2.75) is 23.1 Å². The molecular weight excluding hydrogens is 471 g/mol. The molecule has 30 heavy (non-hydrogen) atoms. The molecule has 8 nitrogen and oxygen atoms in total. The number of thioether (sulfide) groups is 2. The standard InChI is InChI=1S/C18H16Cl2N4O4S2/c1-27-15-16(25)24-14(18(26)28-6-9-2-3-11(19)12(20)4-9)10(8-30-17(15)24)7-29-13-5-21-23-22-13/h2-5,15,17H,6-8H2,1H3,(H,21,22,23)/t15-,17+/m0/s1. The Morgan fingerprint density at radius 2 is 2.23 bits per heavy atom. The fourth-order valence-corrected chi connectivity index (χ4v) is 5.71. The number of aromatic nitrogens is 3. The largest absolute Gasteiger partial charge is 0.456 e. The van der Waals surface area contributed by atoms with Gasteiger partial charge in [0.15, 0.2) is 6.10 Å². The van der Waals surface area contributed by atoms with Crippen molar-refractivity contribution in [2.24, 2.45) is 0 Å². The van der Waals surface area contributed by atoms with Gasteiger partial charge in [-0.3, -0.25) is 9.69 Å². The molecule has 2 aromatic rings. The molecule has 0 bridgehead atoms. The van der Waals surface area contributed by atoms with Crippen LogP contribution in [-0.4, -0.2) is 62.3 Å². The van der Waals surface area contributed by atoms with Crippen LogP contribution in [0, 0.1) is 0 Å². The molecule has 0 spiro atoms. The Bertz CT molecular complexity index is 1000. The van der Waals surface area contributed by atoms with Gasteiger partial charge in [-0.05, 0) is 23.3 Å². The summed E-state index contributed by atoms with van der Waals surface area (Å²) in [7, 11) is 1.49. The molecule has 12 heteroatoms. The quantitative estimate of drug-likeness (QED) is 0.362. The van der Waals surface area contributed by atoms with Crippen LogP contribution in [0.1, 0.15) is 5.56 Å². The zero-order valence-electron chi connectivity index (χ0n) is 15.6. The number of ether oxygens (including phenoxy) is 2. The lowest BCUT2D eigenvalue weighted by molar-refractivity contribution is -0.163. The van der Waals surface area contributed by atoms with E-state index in [0.29, 0.717) is 32.1 Å². The number of β-lactam (4-membered cyclic amide) rings is 1. The molecule has 3 heterocycles. The van der Waals surface area contributed by atoms with E-state index in [4.69, 9.17) is 32.7 Å². The first-order chi connectivity index (χ1) is 14.5. The summed E-state index contributed by atoms with van der Waals surface area (Å²) < 4.78 is 10.8. The van der Waals surface area contributed by atoms with Gasteiger partial charge in [-0.2, -0.15) is 10.3 Å². The highest BCUT2D eigenvalue weighted by atomic mass is 35.5. The number of benzene rings is 1. The zero-order chi connectivity index (χ0) is 21.3. The molecule has 4 rings (SSSR count). The molecule has 1 amide bonds. The molecular formula is C18H16Cl2N4O4S2. The van der Waals surface area contributed by atoms with Gasteiger partial charge in [0.25, 0.3) is 5.91 Å². The summed E-state index contributed by atoms with van der Waals surface area (Å²) in [6.45, 7) is 0.0104. The maximum atomic E-state index is 13.0. The number of halogens is 2. The lowest BCUT2D eigenvalue weighted by atomic mass is 10.1. The summed E-state index contributed by atoms with van der Waals surface area (Å²) in [6, 6.07) is 5.01. The maximum Gasteiger partial charge on any atom is 0.355 e. The SMILES string of the molecule is CO[C@H]1C(=O)N2C(C(=O)OCc3ccc(Cl)c(Cl)c3)=C(CSc3cn[nH]n3)CS[C@H]12. The lowest BCUT2D eigenvalue weighted by Gasteiger charge is -2.48. The molecule has 2 atom stereocenters. The summed E-state index contributed by atoms with van der Waals surface area (Å²) in [5.41, 5.74) is 1.77. The van der Waals surface area contributed by atoms with Crippen molar-refractivity contribution >= 4 is 58.6 Å².